The molecule has 0 amide bonds. The van der Waals surface area contributed by atoms with Crippen molar-refractivity contribution in [2.24, 2.45) is 0 Å². The molecule has 0 unspecified atom stereocenters. The number of aromatic nitrogens is 4. The Bertz CT molecular complexity index is 1440. The van der Waals surface area contributed by atoms with Gasteiger partial charge in [0.2, 0.25) is 0 Å². The lowest BCUT2D eigenvalue weighted by molar-refractivity contribution is 0.728. The summed E-state index contributed by atoms with van der Waals surface area (Å²) in [5.41, 5.74) is 3.00. The van der Waals surface area contributed by atoms with Crippen LogP contribution in [0.25, 0.3) is 26.3 Å². The molecule has 5 aromatic rings. The van der Waals surface area contributed by atoms with Crippen LogP contribution >= 0.6 is 22.7 Å². The lowest BCUT2D eigenvalue weighted by atomic mass is 10.1. The Labute approximate surface area is 167 Å². The van der Waals surface area contributed by atoms with E-state index in [4.69, 9.17) is 0 Å². The fourth-order valence-corrected chi connectivity index (χ4v) is 5.06. The molecule has 0 aliphatic heterocycles. The number of thiophene rings is 1. The van der Waals surface area contributed by atoms with E-state index < -0.39 is 0 Å². The van der Waals surface area contributed by atoms with Gasteiger partial charge in [0.1, 0.15) is 4.83 Å². The summed E-state index contributed by atoms with van der Waals surface area (Å²) in [5, 5.41) is 4.46. The van der Waals surface area contributed by atoms with Crippen LogP contribution in [0.15, 0.2) is 63.1 Å². The molecule has 5 rings (SSSR count). The number of hydrogen-bond acceptors (Lipinski definition) is 6. The molecule has 1 aromatic carbocycles. The first-order chi connectivity index (χ1) is 13.6. The highest BCUT2D eigenvalue weighted by atomic mass is 32.1. The van der Waals surface area contributed by atoms with E-state index in [0.717, 1.165) is 16.8 Å². The predicted octanol–water partition coefficient (Wildman–Crippen LogP) is 3.55. The second-order valence-corrected chi connectivity index (χ2v) is 8.15. The lowest BCUT2D eigenvalue weighted by Crippen LogP contribution is -2.23. The third-order valence-corrected chi connectivity index (χ3v) is 6.44. The summed E-state index contributed by atoms with van der Waals surface area (Å²) >= 11 is 2.86. The summed E-state index contributed by atoms with van der Waals surface area (Å²) in [6.45, 7) is 2.07. The maximum atomic E-state index is 13.2. The molecule has 4 heterocycles. The van der Waals surface area contributed by atoms with E-state index in [0.29, 0.717) is 20.9 Å². The first-order valence-electron chi connectivity index (χ1n) is 8.60. The monoisotopic (exact) mass is 406 g/mol. The fraction of sp³-hybridized carbons (Fsp3) is 0.100. The van der Waals surface area contributed by atoms with Crippen molar-refractivity contribution in [3.63, 3.8) is 0 Å². The Morgan fingerprint density at radius 1 is 1.07 bits per heavy atom. The van der Waals surface area contributed by atoms with Gasteiger partial charge in [-0.25, -0.2) is 9.97 Å². The van der Waals surface area contributed by atoms with Crippen LogP contribution in [0.5, 0.6) is 0 Å². The van der Waals surface area contributed by atoms with Crippen LogP contribution in [0.3, 0.4) is 0 Å². The molecular formula is C20H14N4O2S2. The van der Waals surface area contributed by atoms with Crippen molar-refractivity contribution in [2.75, 3.05) is 0 Å². The van der Waals surface area contributed by atoms with Gasteiger partial charge in [0, 0.05) is 28.1 Å². The maximum Gasteiger partial charge on any atom is 0.263 e. The molecule has 0 N–H and O–H groups in total. The summed E-state index contributed by atoms with van der Waals surface area (Å²) in [6.07, 6.45) is 1.53. The van der Waals surface area contributed by atoms with Crippen molar-refractivity contribution in [3.05, 3.63) is 85.6 Å². The zero-order valence-electron chi connectivity index (χ0n) is 14.8. The second-order valence-electron chi connectivity index (χ2n) is 6.45. The molecule has 0 fully saturated rings. The standard InChI is InChI=1S/C20H14N4O2S2/c1-12-9-28-20-22-14(7-16(25)24(12)20)8-23-11-21-18-17(19(23)26)15(10-27-18)13-5-3-2-4-6-13/h2-7,9-11H,8H2,1H3. The van der Waals surface area contributed by atoms with Gasteiger partial charge in [-0.05, 0) is 12.5 Å². The summed E-state index contributed by atoms with van der Waals surface area (Å²) in [4.78, 5) is 35.9. The summed E-state index contributed by atoms with van der Waals surface area (Å²) in [7, 11) is 0. The largest absolute Gasteiger partial charge is 0.293 e. The highest BCUT2D eigenvalue weighted by molar-refractivity contribution is 7.17. The van der Waals surface area contributed by atoms with Crippen molar-refractivity contribution < 1.29 is 0 Å². The number of nitrogens with zero attached hydrogens (tertiary/aromatic N) is 4. The van der Waals surface area contributed by atoms with Crippen molar-refractivity contribution in [2.45, 2.75) is 13.5 Å². The van der Waals surface area contributed by atoms with Gasteiger partial charge in [-0.3, -0.25) is 18.6 Å². The van der Waals surface area contributed by atoms with Crippen molar-refractivity contribution in [3.8, 4) is 11.1 Å². The van der Waals surface area contributed by atoms with E-state index in [-0.39, 0.29) is 17.7 Å². The summed E-state index contributed by atoms with van der Waals surface area (Å²) in [6, 6.07) is 11.3. The number of aryl methyl sites for hydroxylation is 1. The molecule has 8 heteroatoms. The van der Waals surface area contributed by atoms with Gasteiger partial charge >= 0.3 is 0 Å². The van der Waals surface area contributed by atoms with E-state index in [9.17, 15) is 9.59 Å². The van der Waals surface area contributed by atoms with E-state index in [2.05, 4.69) is 9.97 Å². The minimum atomic E-state index is -0.138. The predicted molar refractivity (Wildman–Crippen MR) is 112 cm³/mol. The van der Waals surface area contributed by atoms with Gasteiger partial charge in [-0.1, -0.05) is 30.3 Å². The number of rotatable bonds is 3. The number of benzene rings is 1. The smallest absolute Gasteiger partial charge is 0.263 e. The fourth-order valence-electron chi connectivity index (χ4n) is 3.27. The molecule has 0 aliphatic rings. The molecule has 0 saturated carbocycles. The molecule has 28 heavy (non-hydrogen) atoms. The number of fused-ring (bicyclic) bond motifs is 2. The quantitative estimate of drug-likeness (QED) is 0.459. The summed E-state index contributed by atoms with van der Waals surface area (Å²) in [5.74, 6) is 0. The zero-order valence-corrected chi connectivity index (χ0v) is 16.5. The Morgan fingerprint density at radius 3 is 2.71 bits per heavy atom. The Balaban J connectivity index is 1.63. The molecule has 0 aliphatic carbocycles. The average Bonchev–Trinajstić information content (AvgIpc) is 3.29. The minimum Gasteiger partial charge on any atom is -0.293 e. The van der Waals surface area contributed by atoms with Gasteiger partial charge in [0.25, 0.3) is 11.1 Å². The van der Waals surface area contributed by atoms with Gasteiger partial charge in [-0.2, -0.15) is 0 Å². The second kappa shape index (κ2) is 6.50. The van der Waals surface area contributed by atoms with E-state index in [1.165, 1.54) is 39.6 Å². The van der Waals surface area contributed by atoms with Gasteiger partial charge in [0.05, 0.1) is 24.0 Å². The van der Waals surface area contributed by atoms with Gasteiger partial charge in [0.15, 0.2) is 4.96 Å². The van der Waals surface area contributed by atoms with Gasteiger partial charge in [-0.15, -0.1) is 22.7 Å². The van der Waals surface area contributed by atoms with Crippen LogP contribution in [0.1, 0.15) is 11.4 Å². The van der Waals surface area contributed by atoms with Crippen LogP contribution in [0, 0.1) is 6.92 Å². The summed E-state index contributed by atoms with van der Waals surface area (Å²) < 4.78 is 3.09. The zero-order chi connectivity index (χ0) is 19.3. The molecule has 0 spiro atoms. The lowest BCUT2D eigenvalue weighted by Gasteiger charge is -2.06. The SMILES string of the molecule is Cc1csc2nc(Cn3cnc4scc(-c5ccccc5)c4c3=O)cc(=O)n12. The molecule has 138 valence electrons. The molecule has 0 bridgehead atoms. The van der Waals surface area contributed by atoms with Crippen LogP contribution < -0.4 is 11.1 Å². The van der Waals surface area contributed by atoms with E-state index >= 15 is 0 Å². The number of hydrogen-bond donors (Lipinski definition) is 0. The third-order valence-electron chi connectivity index (χ3n) is 4.61. The Hall–Kier alpha value is -3.10. The first-order valence-corrected chi connectivity index (χ1v) is 10.4. The maximum absolute atomic E-state index is 13.2. The Kier molecular flexibility index (Phi) is 3.96. The van der Waals surface area contributed by atoms with Crippen LogP contribution in [-0.4, -0.2) is 18.9 Å². The van der Waals surface area contributed by atoms with E-state index in [1.54, 1.807) is 4.40 Å². The van der Waals surface area contributed by atoms with Crippen molar-refractivity contribution >= 4 is 37.9 Å². The molecule has 4 aromatic heterocycles. The van der Waals surface area contributed by atoms with Crippen LogP contribution in [0.2, 0.25) is 0 Å². The molecule has 0 saturated heterocycles. The molecule has 6 nitrogen and oxygen atoms in total. The molecular weight excluding hydrogens is 392 g/mol. The third kappa shape index (κ3) is 2.69. The van der Waals surface area contributed by atoms with Crippen LogP contribution in [-0.2, 0) is 6.54 Å². The van der Waals surface area contributed by atoms with Crippen molar-refractivity contribution in [1.82, 2.24) is 18.9 Å². The van der Waals surface area contributed by atoms with Gasteiger partial charge < -0.3 is 0 Å². The topological polar surface area (TPSA) is 69.3 Å². The molecule has 0 radical (unpaired) electrons. The first kappa shape index (κ1) is 17.0. The highest BCUT2D eigenvalue weighted by Gasteiger charge is 2.14. The number of thiazole rings is 1. The molecule has 0 atom stereocenters. The average molecular weight is 406 g/mol. The Morgan fingerprint density at radius 2 is 1.89 bits per heavy atom. The minimum absolute atomic E-state index is 0.130. The van der Waals surface area contributed by atoms with Crippen molar-refractivity contribution in [1.29, 1.82) is 0 Å². The highest BCUT2D eigenvalue weighted by Crippen LogP contribution is 2.30. The van der Waals surface area contributed by atoms with Crippen LogP contribution in [0.4, 0.5) is 0 Å². The normalized spacial score (nSPS) is 11.5. The van der Waals surface area contributed by atoms with E-state index in [1.807, 2.05) is 48.0 Å².